The number of hydrogen-bond acceptors (Lipinski definition) is 4. The minimum absolute atomic E-state index is 0.0975. The summed E-state index contributed by atoms with van der Waals surface area (Å²) in [5.74, 6) is 0.210. The maximum atomic E-state index is 12.4. The SMILES string of the molecule is CC(C)CS(=O)(=O)C1CN(C(=O)c2cccc(N(C)C)c2)C1. The molecule has 1 aliphatic rings. The zero-order valence-corrected chi connectivity index (χ0v) is 14.4. The fourth-order valence-electron chi connectivity index (χ4n) is 2.53. The molecule has 122 valence electrons. The molecular formula is C16H24N2O3S. The Morgan fingerprint density at radius 1 is 1.32 bits per heavy atom. The first-order valence-electron chi connectivity index (χ1n) is 7.49. The summed E-state index contributed by atoms with van der Waals surface area (Å²) in [7, 11) is 0.742. The van der Waals surface area contributed by atoms with Crippen molar-refractivity contribution in [2.45, 2.75) is 19.1 Å². The van der Waals surface area contributed by atoms with Gasteiger partial charge in [0.15, 0.2) is 9.84 Å². The molecule has 0 N–H and O–H groups in total. The summed E-state index contributed by atoms with van der Waals surface area (Å²) in [6, 6.07) is 7.38. The number of nitrogens with zero attached hydrogens (tertiary/aromatic N) is 2. The van der Waals surface area contributed by atoms with E-state index in [4.69, 9.17) is 0 Å². The normalized spacial score (nSPS) is 15.8. The highest BCUT2D eigenvalue weighted by Gasteiger charge is 2.39. The van der Waals surface area contributed by atoms with Crippen LogP contribution in [0, 0.1) is 5.92 Å². The van der Waals surface area contributed by atoms with Crippen LogP contribution in [0.2, 0.25) is 0 Å². The van der Waals surface area contributed by atoms with Crippen LogP contribution in [-0.4, -0.2) is 57.4 Å². The van der Waals surface area contributed by atoms with E-state index >= 15 is 0 Å². The van der Waals surface area contributed by atoms with Crippen molar-refractivity contribution in [1.29, 1.82) is 0 Å². The van der Waals surface area contributed by atoms with Gasteiger partial charge in [0.2, 0.25) is 0 Å². The summed E-state index contributed by atoms with van der Waals surface area (Å²) >= 11 is 0. The summed E-state index contributed by atoms with van der Waals surface area (Å²) in [6.45, 7) is 4.40. The number of rotatable bonds is 5. The Hall–Kier alpha value is -1.56. The first kappa shape index (κ1) is 16.8. The molecule has 1 amide bonds. The van der Waals surface area contributed by atoms with Gasteiger partial charge in [-0.15, -0.1) is 0 Å². The van der Waals surface area contributed by atoms with Crippen LogP contribution in [0.5, 0.6) is 0 Å². The topological polar surface area (TPSA) is 57.7 Å². The zero-order chi connectivity index (χ0) is 16.5. The van der Waals surface area contributed by atoms with Crippen molar-refractivity contribution in [3.63, 3.8) is 0 Å². The molecule has 1 aromatic carbocycles. The van der Waals surface area contributed by atoms with E-state index < -0.39 is 15.1 Å². The number of carbonyl (C=O) groups excluding carboxylic acids is 1. The molecule has 1 heterocycles. The van der Waals surface area contributed by atoms with E-state index in [0.717, 1.165) is 5.69 Å². The number of amides is 1. The van der Waals surface area contributed by atoms with Gasteiger partial charge in [-0.2, -0.15) is 0 Å². The van der Waals surface area contributed by atoms with Crippen LogP contribution in [0.4, 0.5) is 5.69 Å². The van der Waals surface area contributed by atoms with Crippen molar-refractivity contribution in [2.75, 3.05) is 37.8 Å². The van der Waals surface area contributed by atoms with Crippen molar-refractivity contribution < 1.29 is 13.2 Å². The van der Waals surface area contributed by atoms with E-state index in [0.29, 0.717) is 18.7 Å². The molecule has 2 rings (SSSR count). The van der Waals surface area contributed by atoms with Gasteiger partial charge in [0.1, 0.15) is 0 Å². The molecule has 0 saturated carbocycles. The van der Waals surface area contributed by atoms with Crippen LogP contribution < -0.4 is 4.90 Å². The number of benzene rings is 1. The third kappa shape index (κ3) is 3.61. The summed E-state index contributed by atoms with van der Waals surface area (Å²) in [4.78, 5) is 16.0. The Balaban J connectivity index is 2.01. The van der Waals surface area contributed by atoms with Crippen molar-refractivity contribution in [3.05, 3.63) is 29.8 Å². The quantitative estimate of drug-likeness (QED) is 0.826. The first-order valence-corrected chi connectivity index (χ1v) is 9.20. The highest BCUT2D eigenvalue weighted by molar-refractivity contribution is 7.92. The minimum atomic E-state index is -3.10. The Labute approximate surface area is 132 Å². The van der Waals surface area contributed by atoms with Crippen molar-refractivity contribution in [2.24, 2.45) is 5.92 Å². The van der Waals surface area contributed by atoms with Gasteiger partial charge in [0, 0.05) is 38.4 Å². The lowest BCUT2D eigenvalue weighted by atomic mass is 10.1. The average molecular weight is 324 g/mol. The maximum Gasteiger partial charge on any atom is 0.254 e. The number of hydrogen-bond donors (Lipinski definition) is 0. The summed E-state index contributed by atoms with van der Waals surface area (Å²) in [5, 5.41) is -0.407. The number of likely N-dealkylation sites (tertiary alicyclic amines) is 1. The highest BCUT2D eigenvalue weighted by atomic mass is 32.2. The lowest BCUT2D eigenvalue weighted by Crippen LogP contribution is -2.57. The Bertz CT molecular complexity index is 647. The lowest BCUT2D eigenvalue weighted by molar-refractivity contribution is 0.0659. The van der Waals surface area contributed by atoms with Gasteiger partial charge in [-0.3, -0.25) is 4.79 Å². The van der Waals surface area contributed by atoms with Gasteiger partial charge >= 0.3 is 0 Å². The third-order valence-corrected chi connectivity index (χ3v) is 6.26. The molecule has 1 aliphatic heterocycles. The molecule has 1 aromatic rings. The standard InChI is InChI=1S/C16H24N2O3S/c1-12(2)11-22(20,21)15-9-18(10-15)16(19)13-6-5-7-14(8-13)17(3)4/h5-8,12,15H,9-11H2,1-4H3. The van der Waals surface area contributed by atoms with E-state index in [-0.39, 0.29) is 17.6 Å². The summed E-state index contributed by atoms with van der Waals surface area (Å²) in [5.41, 5.74) is 1.56. The van der Waals surface area contributed by atoms with Crippen molar-refractivity contribution in [3.8, 4) is 0 Å². The Morgan fingerprint density at radius 3 is 2.50 bits per heavy atom. The Morgan fingerprint density at radius 2 is 1.95 bits per heavy atom. The van der Waals surface area contributed by atoms with E-state index in [1.807, 2.05) is 51.0 Å². The molecule has 0 spiro atoms. The second kappa shape index (κ2) is 6.28. The molecule has 22 heavy (non-hydrogen) atoms. The largest absolute Gasteiger partial charge is 0.378 e. The second-order valence-electron chi connectivity index (χ2n) is 6.50. The number of carbonyl (C=O) groups is 1. The van der Waals surface area contributed by atoms with Gasteiger partial charge < -0.3 is 9.80 Å². The molecule has 0 aromatic heterocycles. The molecule has 0 atom stereocenters. The van der Waals surface area contributed by atoms with E-state index in [1.54, 1.807) is 11.0 Å². The average Bonchev–Trinajstić information content (AvgIpc) is 2.34. The minimum Gasteiger partial charge on any atom is -0.378 e. The predicted octanol–water partition coefficient (Wildman–Crippen LogP) is 1.65. The van der Waals surface area contributed by atoms with Crippen LogP contribution in [0.25, 0.3) is 0 Å². The number of sulfone groups is 1. The summed E-state index contributed by atoms with van der Waals surface area (Å²) in [6.07, 6.45) is 0. The van der Waals surface area contributed by atoms with Gasteiger partial charge in [-0.1, -0.05) is 19.9 Å². The molecule has 6 heteroatoms. The van der Waals surface area contributed by atoms with Crippen LogP contribution >= 0.6 is 0 Å². The first-order chi connectivity index (χ1) is 10.2. The molecule has 1 fully saturated rings. The molecular weight excluding hydrogens is 300 g/mol. The van der Waals surface area contributed by atoms with Gasteiger partial charge in [-0.05, 0) is 24.1 Å². The smallest absolute Gasteiger partial charge is 0.254 e. The van der Waals surface area contributed by atoms with Crippen molar-refractivity contribution in [1.82, 2.24) is 4.90 Å². The highest BCUT2D eigenvalue weighted by Crippen LogP contribution is 2.22. The van der Waals surface area contributed by atoms with Crippen LogP contribution in [0.3, 0.4) is 0 Å². The molecule has 0 aliphatic carbocycles. The molecule has 5 nitrogen and oxygen atoms in total. The fraction of sp³-hybridized carbons (Fsp3) is 0.562. The number of anilines is 1. The maximum absolute atomic E-state index is 12.4. The summed E-state index contributed by atoms with van der Waals surface area (Å²) < 4.78 is 24.3. The second-order valence-corrected chi connectivity index (χ2v) is 8.83. The Kier molecular flexibility index (Phi) is 4.80. The van der Waals surface area contributed by atoms with Crippen LogP contribution in [0.1, 0.15) is 24.2 Å². The zero-order valence-electron chi connectivity index (χ0n) is 13.6. The molecule has 0 unspecified atom stereocenters. The molecule has 1 saturated heterocycles. The van der Waals surface area contributed by atoms with E-state index in [2.05, 4.69) is 0 Å². The molecule has 0 bridgehead atoms. The predicted molar refractivity (Wildman–Crippen MR) is 89.1 cm³/mol. The van der Waals surface area contributed by atoms with Crippen LogP contribution in [0.15, 0.2) is 24.3 Å². The van der Waals surface area contributed by atoms with Gasteiger partial charge in [0.05, 0.1) is 11.0 Å². The van der Waals surface area contributed by atoms with Gasteiger partial charge in [-0.25, -0.2) is 8.42 Å². The van der Waals surface area contributed by atoms with Gasteiger partial charge in [0.25, 0.3) is 5.91 Å². The van der Waals surface area contributed by atoms with Crippen LogP contribution in [-0.2, 0) is 9.84 Å². The van der Waals surface area contributed by atoms with E-state index in [9.17, 15) is 13.2 Å². The fourth-order valence-corrected chi connectivity index (χ4v) is 4.55. The van der Waals surface area contributed by atoms with Crippen molar-refractivity contribution >= 4 is 21.4 Å². The lowest BCUT2D eigenvalue weighted by Gasteiger charge is -2.39. The monoisotopic (exact) mass is 324 g/mol. The third-order valence-electron chi connectivity index (χ3n) is 3.82. The van der Waals surface area contributed by atoms with E-state index in [1.165, 1.54) is 0 Å². The molecule has 0 radical (unpaired) electrons.